The number of hydrogen-bond acceptors (Lipinski definition) is 4. The third-order valence-corrected chi connectivity index (χ3v) is 4.29. The predicted molar refractivity (Wildman–Crippen MR) is 79.4 cm³/mol. The van der Waals surface area contributed by atoms with Crippen molar-refractivity contribution < 1.29 is 9.00 Å². The average molecular weight is 323 g/mol. The Labute approximate surface area is 128 Å². The minimum Gasteiger partial charge on any atom is -0.269 e. The van der Waals surface area contributed by atoms with Gasteiger partial charge in [0.05, 0.1) is 6.20 Å². The number of halogens is 1. The van der Waals surface area contributed by atoms with Gasteiger partial charge in [0.2, 0.25) is 0 Å². The second-order valence-electron chi connectivity index (χ2n) is 4.50. The molecule has 1 atom stereocenters. The van der Waals surface area contributed by atoms with Crippen LogP contribution in [0.15, 0.2) is 36.8 Å². The second-order valence-corrected chi connectivity index (χ2v) is 6.05. The number of hydrogen-bond donors (Lipinski definition) is 1. The summed E-state index contributed by atoms with van der Waals surface area (Å²) in [6.45, 7) is 0. The number of carbonyl (C=O) groups excluding carboxylic acids is 1. The van der Waals surface area contributed by atoms with Crippen molar-refractivity contribution in [3.05, 3.63) is 53.1 Å². The molecule has 0 saturated heterocycles. The van der Waals surface area contributed by atoms with E-state index >= 15 is 0 Å². The molecule has 0 spiro atoms. The molecule has 0 aliphatic carbocycles. The Morgan fingerprint density at radius 1 is 1.24 bits per heavy atom. The van der Waals surface area contributed by atoms with E-state index in [1.807, 2.05) is 6.07 Å². The molecule has 21 heavy (non-hydrogen) atoms. The van der Waals surface area contributed by atoms with Crippen LogP contribution in [-0.2, 0) is 28.6 Å². The van der Waals surface area contributed by atoms with Crippen LogP contribution in [0.2, 0.25) is 5.15 Å². The fourth-order valence-electron chi connectivity index (χ4n) is 1.94. The van der Waals surface area contributed by atoms with E-state index < -0.39 is 11.0 Å². The standard InChI is InChI=1S/C13H11ClN4O2S/c14-11-4-3-9(6-15-11)1-2-10-7-16-18(8-10)13-5-12(19)17-21(13)20/h3-8H,1-2H2,(H,17,19). The van der Waals surface area contributed by atoms with Gasteiger partial charge in [0.1, 0.15) is 5.15 Å². The number of rotatable bonds is 4. The van der Waals surface area contributed by atoms with Gasteiger partial charge in [-0.25, -0.2) is 13.9 Å². The van der Waals surface area contributed by atoms with E-state index in [4.69, 9.17) is 11.6 Å². The first-order chi connectivity index (χ1) is 10.1. The Balaban J connectivity index is 1.68. The molecule has 2 aromatic rings. The van der Waals surface area contributed by atoms with Crippen LogP contribution in [0.5, 0.6) is 0 Å². The zero-order valence-electron chi connectivity index (χ0n) is 10.8. The molecule has 8 heteroatoms. The van der Waals surface area contributed by atoms with Crippen molar-refractivity contribution in [3.8, 4) is 0 Å². The highest BCUT2D eigenvalue weighted by Crippen LogP contribution is 2.15. The number of aryl methyl sites for hydroxylation is 2. The fraction of sp³-hybridized carbons (Fsp3) is 0.154. The van der Waals surface area contributed by atoms with Gasteiger partial charge in [-0.1, -0.05) is 17.7 Å². The summed E-state index contributed by atoms with van der Waals surface area (Å²) in [7, 11) is -1.53. The summed E-state index contributed by atoms with van der Waals surface area (Å²) in [6.07, 6.45) is 8.07. The van der Waals surface area contributed by atoms with Crippen LogP contribution in [0, 0.1) is 0 Å². The highest BCUT2D eigenvalue weighted by Gasteiger charge is 2.21. The monoisotopic (exact) mass is 322 g/mol. The summed E-state index contributed by atoms with van der Waals surface area (Å²) in [6, 6.07) is 3.68. The molecule has 1 amide bonds. The summed E-state index contributed by atoms with van der Waals surface area (Å²) in [5.74, 6) is -0.368. The average Bonchev–Trinajstić information content (AvgIpc) is 3.04. The molecule has 1 aliphatic heterocycles. The van der Waals surface area contributed by atoms with E-state index in [2.05, 4.69) is 14.8 Å². The summed E-state index contributed by atoms with van der Waals surface area (Å²) in [4.78, 5) is 15.2. The van der Waals surface area contributed by atoms with Crippen LogP contribution in [0.4, 0.5) is 0 Å². The highest BCUT2D eigenvalue weighted by atomic mass is 35.5. The molecule has 0 radical (unpaired) electrons. The quantitative estimate of drug-likeness (QED) is 0.861. The number of amides is 1. The minimum absolute atomic E-state index is 0.347. The number of pyridine rings is 1. The number of carbonyl (C=O) groups is 1. The van der Waals surface area contributed by atoms with Gasteiger partial charge < -0.3 is 0 Å². The molecule has 1 aliphatic rings. The van der Waals surface area contributed by atoms with E-state index in [1.54, 1.807) is 24.7 Å². The number of aromatic nitrogens is 3. The molecule has 0 aromatic carbocycles. The molecule has 3 rings (SSSR count). The first-order valence-electron chi connectivity index (χ1n) is 6.20. The molecule has 0 saturated carbocycles. The first-order valence-corrected chi connectivity index (χ1v) is 7.73. The molecule has 1 N–H and O–H groups in total. The van der Waals surface area contributed by atoms with Crippen LogP contribution in [0.3, 0.4) is 0 Å². The minimum atomic E-state index is -1.53. The SMILES string of the molecule is O=C1C=C(n2cc(CCc3ccc(Cl)nc3)cn2)S(=O)N1. The second kappa shape index (κ2) is 5.79. The van der Waals surface area contributed by atoms with Crippen molar-refractivity contribution >= 4 is 33.5 Å². The molecule has 3 heterocycles. The maximum absolute atomic E-state index is 11.6. The first kappa shape index (κ1) is 14.0. The summed E-state index contributed by atoms with van der Waals surface area (Å²) >= 11 is 5.74. The Morgan fingerprint density at radius 3 is 2.71 bits per heavy atom. The zero-order valence-corrected chi connectivity index (χ0v) is 12.4. The lowest BCUT2D eigenvalue weighted by molar-refractivity contribution is -0.114. The van der Waals surface area contributed by atoms with Crippen LogP contribution in [-0.4, -0.2) is 24.9 Å². The Kier molecular flexibility index (Phi) is 3.85. The van der Waals surface area contributed by atoms with Gasteiger partial charge in [0.15, 0.2) is 16.0 Å². The molecular formula is C13H11ClN4O2S. The molecule has 2 aromatic heterocycles. The fourth-order valence-corrected chi connectivity index (χ4v) is 2.88. The number of nitrogens with one attached hydrogen (secondary N) is 1. The van der Waals surface area contributed by atoms with Gasteiger partial charge >= 0.3 is 0 Å². The summed E-state index contributed by atoms with van der Waals surface area (Å²) < 4.78 is 15.4. The topological polar surface area (TPSA) is 76.9 Å². The van der Waals surface area contributed by atoms with Crippen molar-refractivity contribution in [1.29, 1.82) is 0 Å². The van der Waals surface area contributed by atoms with Crippen molar-refractivity contribution in [1.82, 2.24) is 19.5 Å². The third-order valence-electron chi connectivity index (χ3n) is 2.99. The molecular weight excluding hydrogens is 312 g/mol. The van der Waals surface area contributed by atoms with Gasteiger partial charge in [-0.05, 0) is 30.0 Å². The summed E-state index contributed by atoms with van der Waals surface area (Å²) in [5.41, 5.74) is 2.06. The van der Waals surface area contributed by atoms with Gasteiger partial charge in [-0.15, -0.1) is 0 Å². The number of nitrogens with zero attached hydrogens (tertiary/aromatic N) is 3. The molecule has 0 fully saturated rings. The van der Waals surface area contributed by atoms with E-state index in [9.17, 15) is 9.00 Å². The van der Waals surface area contributed by atoms with Crippen molar-refractivity contribution in [2.75, 3.05) is 0 Å². The van der Waals surface area contributed by atoms with Crippen LogP contribution < -0.4 is 4.72 Å². The van der Waals surface area contributed by atoms with Crippen LogP contribution in [0.1, 0.15) is 11.1 Å². The highest BCUT2D eigenvalue weighted by molar-refractivity contribution is 7.93. The third kappa shape index (κ3) is 3.20. The van der Waals surface area contributed by atoms with Gasteiger partial charge in [0, 0.05) is 18.5 Å². The summed E-state index contributed by atoms with van der Waals surface area (Å²) in [5, 5.41) is 4.95. The van der Waals surface area contributed by atoms with Crippen LogP contribution in [0.25, 0.3) is 5.03 Å². The van der Waals surface area contributed by atoms with Crippen molar-refractivity contribution in [2.24, 2.45) is 0 Å². The Morgan fingerprint density at radius 2 is 2.05 bits per heavy atom. The Hall–Kier alpha value is -1.99. The molecule has 1 unspecified atom stereocenters. The maximum Gasteiger partial charge on any atom is 0.258 e. The largest absolute Gasteiger partial charge is 0.269 e. The van der Waals surface area contributed by atoms with Gasteiger partial charge in [-0.3, -0.25) is 9.52 Å². The van der Waals surface area contributed by atoms with Gasteiger partial charge in [0.25, 0.3) is 5.91 Å². The van der Waals surface area contributed by atoms with E-state index in [0.717, 1.165) is 24.0 Å². The zero-order chi connectivity index (χ0) is 14.8. The predicted octanol–water partition coefficient (Wildman–Crippen LogP) is 1.31. The lowest BCUT2D eigenvalue weighted by Crippen LogP contribution is -2.17. The lowest BCUT2D eigenvalue weighted by Gasteiger charge is -2.00. The van der Waals surface area contributed by atoms with Crippen molar-refractivity contribution in [3.63, 3.8) is 0 Å². The van der Waals surface area contributed by atoms with E-state index in [0.29, 0.717) is 10.2 Å². The smallest absolute Gasteiger partial charge is 0.258 e. The normalized spacial score (nSPS) is 17.7. The molecule has 6 nitrogen and oxygen atoms in total. The van der Waals surface area contributed by atoms with Crippen molar-refractivity contribution in [2.45, 2.75) is 12.8 Å². The Bertz CT molecular complexity index is 739. The molecule has 108 valence electrons. The van der Waals surface area contributed by atoms with Gasteiger partial charge in [-0.2, -0.15) is 5.10 Å². The van der Waals surface area contributed by atoms with E-state index in [1.165, 1.54) is 10.8 Å². The lowest BCUT2D eigenvalue weighted by atomic mass is 10.1. The maximum atomic E-state index is 11.6. The molecule has 0 bridgehead atoms. The van der Waals surface area contributed by atoms with Crippen LogP contribution >= 0.6 is 11.6 Å². The van der Waals surface area contributed by atoms with E-state index in [-0.39, 0.29) is 5.91 Å².